The molecule has 7 nitrogen and oxygen atoms in total. The molecule has 5 rings (SSSR count). The van der Waals surface area contributed by atoms with Gasteiger partial charge in [-0.1, -0.05) is 54.6 Å². The van der Waals surface area contributed by atoms with Crippen LogP contribution in [0.15, 0.2) is 83.7 Å². The number of nitrogens with one attached hydrogen (secondary N) is 1. The molecule has 0 aliphatic carbocycles. The zero-order valence-electron chi connectivity index (χ0n) is 22.0. The van der Waals surface area contributed by atoms with Crippen molar-refractivity contribution in [2.75, 3.05) is 19.7 Å². The highest BCUT2D eigenvalue weighted by Gasteiger charge is 2.27. The molecule has 0 bridgehead atoms. The van der Waals surface area contributed by atoms with E-state index >= 15 is 0 Å². The van der Waals surface area contributed by atoms with E-state index in [2.05, 4.69) is 22.0 Å². The number of hydrogen-bond acceptors (Lipinski definition) is 4. The van der Waals surface area contributed by atoms with E-state index in [4.69, 9.17) is 4.74 Å². The number of ether oxygens (including phenoxy) is 1. The van der Waals surface area contributed by atoms with E-state index in [1.165, 1.54) is 12.1 Å². The monoisotopic (exact) mass is 552 g/mol. The number of carbonyl (C=O) groups is 1. The predicted octanol–water partition coefficient (Wildman–Crippen LogP) is 5.75. The predicted molar refractivity (Wildman–Crippen MR) is 153 cm³/mol. The average Bonchev–Trinajstić information content (AvgIpc) is 3.28. The number of carbonyl (C=O) groups excluding carboxylic acids is 1. The second-order valence-electron chi connectivity index (χ2n) is 9.98. The number of imidazole rings is 1. The average molecular weight is 553 g/mol. The first kappa shape index (κ1) is 28.4. The summed E-state index contributed by atoms with van der Waals surface area (Å²) in [6, 6.07) is 24.3. The van der Waals surface area contributed by atoms with Crippen LogP contribution in [-0.2, 0) is 17.8 Å². The molecule has 0 spiro atoms. The van der Waals surface area contributed by atoms with E-state index in [-0.39, 0.29) is 48.7 Å². The molecule has 206 valence electrons. The van der Waals surface area contributed by atoms with Crippen LogP contribution in [0.3, 0.4) is 0 Å². The Balaban J connectivity index is 0.00000353. The van der Waals surface area contributed by atoms with Crippen molar-refractivity contribution in [3.63, 3.8) is 0 Å². The van der Waals surface area contributed by atoms with E-state index in [9.17, 15) is 14.0 Å². The molecule has 1 fully saturated rings. The molecule has 1 saturated heterocycles. The molecule has 1 N–H and O–H groups in total. The van der Waals surface area contributed by atoms with Gasteiger partial charge < -0.3 is 14.6 Å². The second kappa shape index (κ2) is 13.0. The summed E-state index contributed by atoms with van der Waals surface area (Å²) in [5, 5.41) is 0. The number of aromatic amines is 1. The molecule has 1 aromatic heterocycles. The van der Waals surface area contributed by atoms with E-state index in [0.717, 1.165) is 22.2 Å². The Morgan fingerprint density at radius 3 is 2.28 bits per heavy atom. The van der Waals surface area contributed by atoms with Crippen molar-refractivity contribution in [1.82, 2.24) is 19.4 Å². The summed E-state index contributed by atoms with van der Waals surface area (Å²) in [6.07, 6.45) is 1.05. The number of piperidine rings is 1. The van der Waals surface area contributed by atoms with Gasteiger partial charge in [0.2, 0.25) is 0 Å². The minimum absolute atomic E-state index is 0. The molecular formula is C30H34ClFN4O3. The van der Waals surface area contributed by atoms with Crippen LogP contribution in [0, 0.1) is 5.82 Å². The fourth-order valence-electron chi connectivity index (χ4n) is 5.14. The van der Waals surface area contributed by atoms with Crippen LogP contribution in [0.4, 0.5) is 9.18 Å². The molecule has 0 unspecified atom stereocenters. The number of benzene rings is 3. The normalized spacial score (nSPS) is 14.8. The summed E-state index contributed by atoms with van der Waals surface area (Å²) in [5.74, 6) is -0.260. The topological polar surface area (TPSA) is 70.6 Å². The summed E-state index contributed by atoms with van der Waals surface area (Å²) < 4.78 is 21.0. The van der Waals surface area contributed by atoms with Crippen LogP contribution < -0.4 is 5.69 Å². The van der Waals surface area contributed by atoms with Gasteiger partial charge in [0, 0.05) is 38.3 Å². The van der Waals surface area contributed by atoms with Crippen LogP contribution in [0.25, 0.3) is 11.0 Å². The second-order valence-corrected chi connectivity index (χ2v) is 9.98. The number of fused-ring (bicyclic) bond motifs is 1. The highest BCUT2D eigenvalue weighted by atomic mass is 35.5. The largest absolute Gasteiger partial charge is 0.448 e. The van der Waals surface area contributed by atoms with Gasteiger partial charge in [-0.2, -0.15) is 0 Å². The van der Waals surface area contributed by atoms with Crippen molar-refractivity contribution >= 4 is 29.5 Å². The first-order chi connectivity index (χ1) is 18.5. The van der Waals surface area contributed by atoms with Gasteiger partial charge in [-0.05, 0) is 55.2 Å². The van der Waals surface area contributed by atoms with Crippen molar-refractivity contribution in [2.45, 2.75) is 44.9 Å². The van der Waals surface area contributed by atoms with Gasteiger partial charge in [0.25, 0.3) is 0 Å². The van der Waals surface area contributed by atoms with Crippen molar-refractivity contribution < 1.29 is 13.9 Å². The highest BCUT2D eigenvalue weighted by Crippen LogP contribution is 2.25. The van der Waals surface area contributed by atoms with E-state index in [0.29, 0.717) is 39.0 Å². The number of amides is 1. The van der Waals surface area contributed by atoms with Gasteiger partial charge in [-0.3, -0.25) is 9.47 Å². The van der Waals surface area contributed by atoms with E-state index in [1.54, 1.807) is 17.0 Å². The van der Waals surface area contributed by atoms with Crippen LogP contribution in [-0.4, -0.2) is 51.2 Å². The van der Waals surface area contributed by atoms with Gasteiger partial charge in [0.1, 0.15) is 12.4 Å². The lowest BCUT2D eigenvalue weighted by Crippen LogP contribution is -2.42. The Morgan fingerprint density at radius 2 is 1.59 bits per heavy atom. The van der Waals surface area contributed by atoms with Crippen molar-refractivity contribution in [1.29, 1.82) is 0 Å². The SMILES string of the molecule is C[C@@H](COC(=O)N1CCC(n2c(=O)[nH]c3ccccc32)CC1)N(Cc1ccccc1)Cc1ccc(F)cc1.Cl. The molecular weight excluding hydrogens is 519 g/mol. The number of aromatic nitrogens is 2. The maximum Gasteiger partial charge on any atom is 0.409 e. The molecule has 1 aliphatic rings. The van der Waals surface area contributed by atoms with Gasteiger partial charge in [0.15, 0.2) is 0 Å². The molecule has 3 aromatic carbocycles. The Labute approximate surface area is 233 Å². The molecule has 4 aromatic rings. The standard InChI is InChI=1S/C30H33FN4O3.ClH/c1-22(34(19-23-7-3-2-4-8-23)20-24-11-13-25(31)14-12-24)21-38-30(37)33-17-15-26(16-18-33)35-28-10-6-5-9-27(28)32-29(35)36;/h2-14,22,26H,15-21H2,1H3,(H,32,36);1H/t22-;/m0./s1. The third kappa shape index (κ3) is 6.88. The third-order valence-electron chi connectivity index (χ3n) is 7.31. The van der Waals surface area contributed by atoms with Gasteiger partial charge in [-0.25, -0.2) is 14.0 Å². The first-order valence-corrected chi connectivity index (χ1v) is 13.1. The number of rotatable bonds is 8. The molecule has 1 amide bonds. The summed E-state index contributed by atoms with van der Waals surface area (Å²) in [5.41, 5.74) is 3.76. The lowest BCUT2D eigenvalue weighted by atomic mass is 10.0. The zero-order valence-corrected chi connectivity index (χ0v) is 22.8. The fraction of sp³-hybridized carbons (Fsp3) is 0.333. The molecule has 1 atom stereocenters. The zero-order chi connectivity index (χ0) is 26.5. The highest BCUT2D eigenvalue weighted by molar-refractivity contribution is 5.85. The Kier molecular flexibility index (Phi) is 9.43. The van der Waals surface area contributed by atoms with Gasteiger partial charge >= 0.3 is 11.8 Å². The number of H-pyrrole nitrogens is 1. The first-order valence-electron chi connectivity index (χ1n) is 13.1. The van der Waals surface area contributed by atoms with Crippen molar-refractivity contribution in [3.8, 4) is 0 Å². The number of halogens is 2. The molecule has 2 heterocycles. The van der Waals surface area contributed by atoms with Crippen LogP contribution in [0.2, 0.25) is 0 Å². The molecule has 0 radical (unpaired) electrons. The van der Waals surface area contributed by atoms with E-state index in [1.807, 2.05) is 54.0 Å². The maximum absolute atomic E-state index is 13.4. The number of para-hydroxylation sites is 2. The molecule has 39 heavy (non-hydrogen) atoms. The van der Waals surface area contributed by atoms with Gasteiger partial charge in [0.05, 0.1) is 11.0 Å². The molecule has 1 aliphatic heterocycles. The summed E-state index contributed by atoms with van der Waals surface area (Å²) in [4.78, 5) is 32.3. The fourth-order valence-corrected chi connectivity index (χ4v) is 5.14. The minimum Gasteiger partial charge on any atom is -0.448 e. The quantitative estimate of drug-likeness (QED) is 0.302. The number of likely N-dealkylation sites (tertiary alicyclic amines) is 1. The lowest BCUT2D eigenvalue weighted by molar-refractivity contribution is 0.0567. The summed E-state index contributed by atoms with van der Waals surface area (Å²) >= 11 is 0. The number of hydrogen-bond donors (Lipinski definition) is 1. The minimum atomic E-state index is -0.331. The van der Waals surface area contributed by atoms with Crippen molar-refractivity contribution in [3.05, 3.63) is 106 Å². The smallest absolute Gasteiger partial charge is 0.409 e. The number of nitrogens with zero attached hydrogens (tertiary/aromatic N) is 3. The van der Waals surface area contributed by atoms with Crippen LogP contribution in [0.5, 0.6) is 0 Å². The van der Waals surface area contributed by atoms with Gasteiger partial charge in [-0.15, -0.1) is 12.4 Å². The Hall–Kier alpha value is -3.62. The van der Waals surface area contributed by atoms with Crippen LogP contribution in [0.1, 0.15) is 36.9 Å². The van der Waals surface area contributed by atoms with Crippen LogP contribution >= 0.6 is 12.4 Å². The summed E-state index contributed by atoms with van der Waals surface area (Å²) in [7, 11) is 0. The Morgan fingerprint density at radius 1 is 0.974 bits per heavy atom. The lowest BCUT2D eigenvalue weighted by Gasteiger charge is -2.33. The third-order valence-corrected chi connectivity index (χ3v) is 7.31. The Bertz CT molecular complexity index is 1420. The molecule has 9 heteroatoms. The maximum atomic E-state index is 13.4. The molecule has 0 saturated carbocycles. The van der Waals surface area contributed by atoms with E-state index < -0.39 is 0 Å². The van der Waals surface area contributed by atoms with Crippen molar-refractivity contribution in [2.24, 2.45) is 0 Å². The summed E-state index contributed by atoms with van der Waals surface area (Å²) in [6.45, 7) is 4.64.